The monoisotopic (exact) mass is 545 g/mol. The number of hydrogen-bond acceptors (Lipinski definition) is 8. The van der Waals surface area contributed by atoms with Crippen molar-refractivity contribution in [2.24, 2.45) is 0 Å². The Balaban J connectivity index is 1.42. The first-order valence-corrected chi connectivity index (χ1v) is 13.9. The molecular weight excluding hydrogens is 510 g/mol. The zero-order valence-corrected chi connectivity index (χ0v) is 23.6. The lowest BCUT2D eigenvalue weighted by Crippen LogP contribution is -2.56. The number of carbonyl (C=O) groups excluding carboxylic acids is 2. The smallest absolute Gasteiger partial charge is 0.415 e. The molecule has 5 heterocycles. The number of pyridine rings is 2. The average Bonchev–Trinajstić information content (AvgIpc) is 3.28. The molecule has 3 aromatic rings. The molecule has 10 heteroatoms. The van der Waals surface area contributed by atoms with E-state index in [1.165, 1.54) is 0 Å². The lowest BCUT2D eigenvalue weighted by Gasteiger charge is -2.36. The molecule has 1 fully saturated rings. The van der Waals surface area contributed by atoms with Crippen LogP contribution in [-0.4, -0.2) is 70.7 Å². The third-order valence-corrected chi connectivity index (χ3v) is 8.25. The van der Waals surface area contributed by atoms with Crippen LogP contribution in [0.25, 0.3) is 22.3 Å². The fourth-order valence-corrected chi connectivity index (χ4v) is 6.12. The first kappa shape index (κ1) is 26.5. The molecule has 3 aliphatic heterocycles. The van der Waals surface area contributed by atoms with Gasteiger partial charge in [0.25, 0.3) is 5.56 Å². The summed E-state index contributed by atoms with van der Waals surface area (Å²) in [6.45, 7) is 8.22. The fraction of sp³-hybridized carbons (Fsp3) is 0.467. The normalized spacial score (nSPS) is 21.7. The Morgan fingerprint density at radius 1 is 1.23 bits per heavy atom. The zero-order valence-electron chi connectivity index (χ0n) is 23.6. The van der Waals surface area contributed by atoms with Crippen LogP contribution < -0.4 is 15.6 Å². The molecule has 210 valence electrons. The Morgan fingerprint density at radius 2 is 2.02 bits per heavy atom. The molecule has 10 nitrogen and oxygen atoms in total. The molecule has 1 aromatic carbocycles. The molecule has 1 saturated heterocycles. The summed E-state index contributed by atoms with van der Waals surface area (Å²) in [6, 6.07) is 7.92. The molecule has 0 spiro atoms. The largest absolute Gasteiger partial charge is 0.460 e. The van der Waals surface area contributed by atoms with Gasteiger partial charge in [0.2, 0.25) is 0 Å². The van der Waals surface area contributed by atoms with Gasteiger partial charge in [-0.1, -0.05) is 6.92 Å². The SMILES string of the molecule is CCC1C(=O)OCc2c1cc1n(c2=O)Cc2cc3c(CN(C)C)c(OC(=O)N4C[C@H](C)NC[C@H]4C)ccc3nc2-1. The summed E-state index contributed by atoms with van der Waals surface area (Å²) in [6.07, 6.45) is 0.203. The molecule has 3 aliphatic rings. The molecule has 1 N–H and O–H groups in total. The van der Waals surface area contributed by atoms with Crippen molar-refractivity contribution >= 4 is 23.0 Å². The van der Waals surface area contributed by atoms with Crippen molar-refractivity contribution in [2.75, 3.05) is 27.2 Å². The number of cyclic esters (lactones) is 1. The van der Waals surface area contributed by atoms with Gasteiger partial charge in [0.15, 0.2) is 0 Å². The number of aromatic nitrogens is 2. The summed E-state index contributed by atoms with van der Waals surface area (Å²) in [4.78, 5) is 47.9. The van der Waals surface area contributed by atoms with Crippen LogP contribution in [0.3, 0.4) is 0 Å². The van der Waals surface area contributed by atoms with Crippen molar-refractivity contribution in [3.63, 3.8) is 0 Å². The average molecular weight is 546 g/mol. The number of hydrogen-bond donors (Lipinski definition) is 1. The quantitative estimate of drug-likeness (QED) is 0.390. The van der Waals surface area contributed by atoms with Gasteiger partial charge in [0.1, 0.15) is 12.4 Å². The van der Waals surface area contributed by atoms with E-state index in [4.69, 9.17) is 14.5 Å². The Hall–Kier alpha value is -3.76. The lowest BCUT2D eigenvalue weighted by molar-refractivity contribution is -0.148. The Morgan fingerprint density at radius 3 is 2.77 bits per heavy atom. The topological polar surface area (TPSA) is 106 Å². The van der Waals surface area contributed by atoms with Gasteiger partial charge in [0, 0.05) is 48.2 Å². The number of fused-ring (bicyclic) bond motifs is 5. The van der Waals surface area contributed by atoms with E-state index in [1.54, 1.807) is 9.47 Å². The summed E-state index contributed by atoms with van der Waals surface area (Å²) in [7, 11) is 3.94. The number of amides is 1. The third-order valence-electron chi connectivity index (χ3n) is 8.25. The van der Waals surface area contributed by atoms with E-state index in [9.17, 15) is 14.4 Å². The van der Waals surface area contributed by atoms with Crippen molar-refractivity contribution in [3.05, 3.63) is 56.9 Å². The minimum atomic E-state index is -0.447. The van der Waals surface area contributed by atoms with E-state index in [-0.39, 0.29) is 36.3 Å². The highest BCUT2D eigenvalue weighted by atomic mass is 16.6. The van der Waals surface area contributed by atoms with E-state index in [2.05, 4.69) is 18.3 Å². The van der Waals surface area contributed by atoms with Crippen LogP contribution in [0.2, 0.25) is 0 Å². The number of benzene rings is 1. The van der Waals surface area contributed by atoms with Gasteiger partial charge in [-0.15, -0.1) is 0 Å². The highest BCUT2D eigenvalue weighted by Crippen LogP contribution is 2.38. The fourth-order valence-electron chi connectivity index (χ4n) is 6.12. The van der Waals surface area contributed by atoms with Crippen molar-refractivity contribution in [3.8, 4) is 17.1 Å². The van der Waals surface area contributed by atoms with Crippen LogP contribution in [0.15, 0.2) is 29.1 Å². The number of esters is 1. The van der Waals surface area contributed by atoms with Gasteiger partial charge < -0.3 is 29.2 Å². The first-order valence-electron chi connectivity index (χ1n) is 13.9. The van der Waals surface area contributed by atoms with Gasteiger partial charge >= 0.3 is 12.1 Å². The third kappa shape index (κ3) is 4.35. The molecular formula is C30H35N5O5. The van der Waals surface area contributed by atoms with Crippen molar-refractivity contribution in [1.29, 1.82) is 0 Å². The zero-order chi connectivity index (χ0) is 28.3. The number of piperazine rings is 1. The number of rotatable bonds is 4. The maximum absolute atomic E-state index is 13.5. The maximum Gasteiger partial charge on any atom is 0.415 e. The van der Waals surface area contributed by atoms with Crippen LogP contribution in [0.5, 0.6) is 5.75 Å². The highest BCUT2D eigenvalue weighted by Gasteiger charge is 2.34. The molecule has 0 aliphatic carbocycles. The van der Waals surface area contributed by atoms with E-state index < -0.39 is 5.92 Å². The molecule has 0 bridgehead atoms. The Labute approximate surface area is 232 Å². The molecule has 1 unspecified atom stereocenters. The van der Waals surface area contributed by atoms with Crippen LogP contribution >= 0.6 is 0 Å². The number of carbonyl (C=O) groups is 2. The number of nitrogens with zero attached hydrogens (tertiary/aromatic N) is 4. The van der Waals surface area contributed by atoms with Crippen LogP contribution in [0, 0.1) is 0 Å². The second-order valence-electron chi connectivity index (χ2n) is 11.4. The molecule has 3 atom stereocenters. The second kappa shape index (κ2) is 10.0. The van der Waals surface area contributed by atoms with Gasteiger partial charge in [-0.2, -0.15) is 0 Å². The van der Waals surface area contributed by atoms with Crippen LogP contribution in [-0.2, 0) is 29.2 Å². The molecule has 1 amide bonds. The highest BCUT2D eigenvalue weighted by molar-refractivity contribution is 5.90. The summed E-state index contributed by atoms with van der Waals surface area (Å²) in [5, 5.41) is 4.28. The minimum Gasteiger partial charge on any atom is -0.460 e. The van der Waals surface area contributed by atoms with Gasteiger partial charge in [-0.3, -0.25) is 9.59 Å². The van der Waals surface area contributed by atoms with E-state index >= 15 is 0 Å². The molecule has 2 aromatic heterocycles. The van der Waals surface area contributed by atoms with Gasteiger partial charge in [-0.25, -0.2) is 9.78 Å². The lowest BCUT2D eigenvalue weighted by atomic mass is 9.90. The Bertz CT molecular complexity index is 1600. The summed E-state index contributed by atoms with van der Waals surface area (Å²) in [5.74, 6) is -0.225. The van der Waals surface area contributed by atoms with E-state index in [0.29, 0.717) is 37.4 Å². The van der Waals surface area contributed by atoms with Crippen molar-refractivity contribution in [2.45, 2.75) is 64.9 Å². The molecule has 0 radical (unpaired) electrons. The summed E-state index contributed by atoms with van der Waals surface area (Å²) >= 11 is 0. The van der Waals surface area contributed by atoms with Crippen LogP contribution in [0.1, 0.15) is 55.4 Å². The predicted octanol–water partition coefficient (Wildman–Crippen LogP) is 3.22. The summed E-state index contributed by atoms with van der Waals surface area (Å²) in [5.41, 5.74) is 5.16. The van der Waals surface area contributed by atoms with Crippen LogP contribution in [0.4, 0.5) is 4.79 Å². The standard InChI is InChI=1S/C30H35N5O5/c1-6-19-20-10-25-27-18(13-35(25)28(36)23(20)15-39-29(19)37)9-21-22(14-33(4)5)26(8-7-24(21)32-27)40-30(38)34-12-16(2)31-11-17(34)3/h7-10,16-17,19,31H,6,11-15H2,1-5H3/t16-,17+,19?/m0/s1. The van der Waals surface area contributed by atoms with Gasteiger partial charge in [0.05, 0.1) is 34.9 Å². The Kier molecular flexibility index (Phi) is 6.62. The molecule has 0 saturated carbocycles. The van der Waals surface area contributed by atoms with Crippen molar-refractivity contribution < 1.29 is 19.1 Å². The second-order valence-corrected chi connectivity index (χ2v) is 11.4. The van der Waals surface area contributed by atoms with Crippen molar-refractivity contribution in [1.82, 2.24) is 24.7 Å². The summed E-state index contributed by atoms with van der Waals surface area (Å²) < 4.78 is 13.1. The predicted molar refractivity (Wildman–Crippen MR) is 150 cm³/mol. The number of ether oxygens (including phenoxy) is 2. The molecule has 6 rings (SSSR count). The van der Waals surface area contributed by atoms with E-state index in [1.807, 2.05) is 51.0 Å². The maximum atomic E-state index is 13.5. The van der Waals surface area contributed by atoms with Gasteiger partial charge in [-0.05, 0) is 64.2 Å². The van der Waals surface area contributed by atoms with E-state index in [0.717, 1.165) is 45.5 Å². The molecule has 40 heavy (non-hydrogen) atoms. The first-order chi connectivity index (χ1) is 19.2. The number of nitrogens with one attached hydrogen (secondary N) is 1. The minimum absolute atomic E-state index is 0.00170.